The van der Waals surface area contributed by atoms with Crippen LogP contribution in [0.4, 0.5) is 11.4 Å². The van der Waals surface area contributed by atoms with Crippen molar-refractivity contribution in [2.24, 2.45) is 0 Å². The molecule has 35 heavy (non-hydrogen) atoms. The van der Waals surface area contributed by atoms with Gasteiger partial charge in [0.2, 0.25) is 6.79 Å². The maximum absolute atomic E-state index is 13.7. The van der Waals surface area contributed by atoms with Crippen LogP contribution in [-0.4, -0.2) is 33.8 Å². The van der Waals surface area contributed by atoms with Gasteiger partial charge >= 0.3 is 0 Å². The number of nitrogens with one attached hydrogen (secondary N) is 1. The molecule has 0 aromatic heterocycles. The summed E-state index contributed by atoms with van der Waals surface area (Å²) < 4.78 is 45.3. The predicted molar refractivity (Wildman–Crippen MR) is 132 cm³/mol. The zero-order valence-corrected chi connectivity index (χ0v) is 20.5. The van der Waals surface area contributed by atoms with Crippen molar-refractivity contribution < 1.29 is 27.4 Å². The van der Waals surface area contributed by atoms with Gasteiger partial charge in [-0.05, 0) is 47.4 Å². The lowest BCUT2D eigenvalue weighted by Crippen LogP contribution is -2.49. The second-order valence-corrected chi connectivity index (χ2v) is 11.3. The Morgan fingerprint density at radius 3 is 2.40 bits per heavy atom. The summed E-state index contributed by atoms with van der Waals surface area (Å²) in [5, 5.41) is 2.80. The number of hydrogen-bond donors (Lipinski definition) is 1. The summed E-state index contributed by atoms with van der Waals surface area (Å²) in [6.45, 7) is 6.11. The van der Waals surface area contributed by atoms with Crippen molar-refractivity contribution in [3.05, 3.63) is 72.3 Å². The van der Waals surface area contributed by atoms with Crippen molar-refractivity contribution in [1.82, 2.24) is 0 Å². The molecule has 2 aliphatic rings. The SMILES string of the molecule is CC(C)(C)c1ccc2c(c1)N(S(=O)(=O)c1ccccc1)C[C@@H](C(=O)Nc1ccc3c(c1)OCO3)O2. The first-order valence-corrected chi connectivity index (χ1v) is 12.7. The van der Waals surface area contributed by atoms with E-state index in [9.17, 15) is 13.2 Å². The third-order valence-corrected chi connectivity index (χ3v) is 7.75. The molecule has 3 aromatic rings. The quantitative estimate of drug-likeness (QED) is 0.581. The molecule has 3 aromatic carbocycles. The monoisotopic (exact) mass is 494 g/mol. The number of fused-ring (bicyclic) bond motifs is 2. The van der Waals surface area contributed by atoms with Gasteiger partial charge in [0.05, 0.1) is 17.1 Å². The van der Waals surface area contributed by atoms with Gasteiger partial charge in [0.1, 0.15) is 5.75 Å². The average molecular weight is 495 g/mol. The van der Waals surface area contributed by atoms with Crippen LogP contribution in [0.3, 0.4) is 0 Å². The third-order valence-electron chi connectivity index (χ3n) is 5.96. The molecule has 0 saturated heterocycles. The molecule has 0 spiro atoms. The normalized spacial score (nSPS) is 16.9. The maximum Gasteiger partial charge on any atom is 0.267 e. The van der Waals surface area contributed by atoms with E-state index in [-0.39, 0.29) is 23.6 Å². The fraction of sp³-hybridized carbons (Fsp3) is 0.269. The summed E-state index contributed by atoms with van der Waals surface area (Å²) in [4.78, 5) is 13.3. The molecule has 0 bridgehead atoms. The van der Waals surface area contributed by atoms with Gasteiger partial charge in [-0.1, -0.05) is 45.0 Å². The fourth-order valence-electron chi connectivity index (χ4n) is 4.00. The van der Waals surface area contributed by atoms with Crippen LogP contribution in [0.1, 0.15) is 26.3 Å². The summed E-state index contributed by atoms with van der Waals surface area (Å²) in [7, 11) is -3.95. The highest BCUT2D eigenvalue weighted by molar-refractivity contribution is 7.92. The Bertz CT molecular complexity index is 1380. The van der Waals surface area contributed by atoms with Gasteiger partial charge in [-0.2, -0.15) is 0 Å². The van der Waals surface area contributed by atoms with E-state index < -0.39 is 22.0 Å². The molecule has 5 rings (SSSR count). The van der Waals surface area contributed by atoms with Gasteiger partial charge in [0, 0.05) is 11.8 Å². The maximum atomic E-state index is 13.7. The van der Waals surface area contributed by atoms with Gasteiger partial charge in [-0.3, -0.25) is 9.10 Å². The van der Waals surface area contributed by atoms with Gasteiger partial charge < -0.3 is 19.5 Å². The Morgan fingerprint density at radius 2 is 1.66 bits per heavy atom. The molecule has 1 atom stereocenters. The fourth-order valence-corrected chi connectivity index (χ4v) is 5.49. The molecule has 2 aliphatic heterocycles. The number of benzene rings is 3. The molecule has 0 fully saturated rings. The Balaban J connectivity index is 1.50. The number of sulfonamides is 1. The predicted octanol–water partition coefficient (Wildman–Crippen LogP) is 4.31. The third kappa shape index (κ3) is 4.39. The molecule has 2 heterocycles. The highest BCUT2D eigenvalue weighted by atomic mass is 32.2. The summed E-state index contributed by atoms with van der Waals surface area (Å²) in [5.74, 6) is 0.985. The van der Waals surface area contributed by atoms with E-state index in [0.29, 0.717) is 28.6 Å². The molecule has 182 valence electrons. The zero-order chi connectivity index (χ0) is 24.8. The number of carbonyl (C=O) groups is 1. The van der Waals surface area contributed by atoms with Crippen LogP contribution in [0.2, 0.25) is 0 Å². The second-order valence-electron chi connectivity index (χ2n) is 9.45. The van der Waals surface area contributed by atoms with Crippen LogP contribution in [0.15, 0.2) is 71.6 Å². The zero-order valence-electron chi connectivity index (χ0n) is 19.6. The lowest BCUT2D eigenvalue weighted by Gasteiger charge is -2.36. The van der Waals surface area contributed by atoms with E-state index in [2.05, 4.69) is 26.1 Å². The van der Waals surface area contributed by atoms with E-state index >= 15 is 0 Å². The molecule has 9 heteroatoms. The van der Waals surface area contributed by atoms with Crippen LogP contribution >= 0.6 is 0 Å². The first-order chi connectivity index (χ1) is 16.6. The summed E-state index contributed by atoms with van der Waals surface area (Å²) in [5.41, 5.74) is 1.66. The molecule has 0 radical (unpaired) electrons. The van der Waals surface area contributed by atoms with E-state index in [1.807, 2.05) is 12.1 Å². The Morgan fingerprint density at radius 1 is 0.943 bits per heavy atom. The van der Waals surface area contributed by atoms with Gasteiger partial charge in [0.15, 0.2) is 17.6 Å². The van der Waals surface area contributed by atoms with Crippen LogP contribution in [0.25, 0.3) is 0 Å². The average Bonchev–Trinajstić information content (AvgIpc) is 3.31. The van der Waals surface area contributed by atoms with Crippen LogP contribution in [-0.2, 0) is 20.2 Å². The van der Waals surface area contributed by atoms with E-state index in [1.54, 1.807) is 54.6 Å². The minimum atomic E-state index is -3.95. The van der Waals surface area contributed by atoms with Crippen molar-refractivity contribution >= 4 is 27.3 Å². The highest BCUT2D eigenvalue weighted by Crippen LogP contribution is 2.40. The van der Waals surface area contributed by atoms with Crippen molar-refractivity contribution in [3.8, 4) is 17.2 Å². The van der Waals surface area contributed by atoms with E-state index in [4.69, 9.17) is 14.2 Å². The summed E-state index contributed by atoms with van der Waals surface area (Å²) in [6.07, 6.45) is -1.06. The molecular weight excluding hydrogens is 468 g/mol. The standard InChI is InChI=1S/C26H26N2O6S/c1-26(2,3)17-9-11-21-20(13-17)28(35(30,31)19-7-5-4-6-8-19)15-24(34-21)25(29)27-18-10-12-22-23(14-18)33-16-32-22/h4-14,24H,15-16H2,1-3H3,(H,27,29)/t24-/m0/s1. The minimum absolute atomic E-state index is 0.123. The largest absolute Gasteiger partial charge is 0.476 e. The highest BCUT2D eigenvalue weighted by Gasteiger charge is 2.38. The smallest absolute Gasteiger partial charge is 0.267 e. The van der Waals surface area contributed by atoms with Gasteiger partial charge in [-0.25, -0.2) is 8.42 Å². The number of carbonyl (C=O) groups excluding carboxylic acids is 1. The minimum Gasteiger partial charge on any atom is -0.476 e. The number of amides is 1. The number of rotatable bonds is 4. The molecule has 1 amide bonds. The van der Waals surface area contributed by atoms with Gasteiger partial charge in [0.25, 0.3) is 15.9 Å². The molecule has 0 aliphatic carbocycles. The molecule has 8 nitrogen and oxygen atoms in total. The van der Waals surface area contributed by atoms with Crippen molar-refractivity contribution in [2.75, 3.05) is 23.0 Å². The molecule has 1 N–H and O–H groups in total. The summed E-state index contributed by atoms with van der Waals surface area (Å²) >= 11 is 0. The van der Waals surface area contributed by atoms with E-state index in [1.165, 1.54) is 4.31 Å². The van der Waals surface area contributed by atoms with Crippen molar-refractivity contribution in [3.63, 3.8) is 0 Å². The lowest BCUT2D eigenvalue weighted by atomic mass is 9.86. The van der Waals surface area contributed by atoms with Crippen molar-refractivity contribution in [1.29, 1.82) is 0 Å². The molecule has 0 unspecified atom stereocenters. The van der Waals surface area contributed by atoms with Gasteiger partial charge in [-0.15, -0.1) is 0 Å². The Labute approximate surface area is 204 Å². The van der Waals surface area contributed by atoms with E-state index in [0.717, 1.165) is 5.56 Å². The van der Waals surface area contributed by atoms with Crippen LogP contribution in [0.5, 0.6) is 17.2 Å². The lowest BCUT2D eigenvalue weighted by molar-refractivity contribution is -0.122. The number of hydrogen-bond acceptors (Lipinski definition) is 6. The Kier molecular flexibility index (Phi) is 5.59. The first-order valence-electron chi connectivity index (χ1n) is 11.2. The van der Waals surface area contributed by atoms with Crippen molar-refractivity contribution in [2.45, 2.75) is 37.2 Å². The Hall–Kier alpha value is -3.72. The number of nitrogens with zero attached hydrogens (tertiary/aromatic N) is 1. The molecule has 0 saturated carbocycles. The van der Waals surface area contributed by atoms with Crippen LogP contribution < -0.4 is 23.8 Å². The topological polar surface area (TPSA) is 94.2 Å². The molecular formula is C26H26N2O6S. The summed E-state index contributed by atoms with van der Waals surface area (Å²) in [6, 6.07) is 18.7. The second kappa shape index (κ2) is 8.49. The van der Waals surface area contributed by atoms with Crippen LogP contribution in [0, 0.1) is 0 Å². The first kappa shape index (κ1) is 23.0. The number of ether oxygens (including phenoxy) is 3. The number of anilines is 2.